The molecule has 0 unspecified atom stereocenters. The highest BCUT2D eigenvalue weighted by Crippen LogP contribution is 2.55. The Balaban J connectivity index is 2.22. The highest BCUT2D eigenvalue weighted by molar-refractivity contribution is 5.91. The molecule has 2 heterocycles. The van der Waals surface area contributed by atoms with E-state index < -0.39 is 77.2 Å². The van der Waals surface area contributed by atoms with Crippen molar-refractivity contribution >= 4 is 11.8 Å². The predicted octanol–water partition coefficient (Wildman–Crippen LogP) is 2.68. The molecule has 2 aromatic rings. The van der Waals surface area contributed by atoms with Gasteiger partial charge in [0.1, 0.15) is 11.8 Å². The summed E-state index contributed by atoms with van der Waals surface area (Å²) < 4.78 is 103. The number of pyridine rings is 1. The molecular formula is C21H20F5N3O5. The molecule has 3 rings (SSSR count). The molecule has 1 saturated heterocycles. The van der Waals surface area contributed by atoms with Gasteiger partial charge in [0.05, 0.1) is 16.5 Å². The van der Waals surface area contributed by atoms with Crippen LogP contribution in [0.5, 0.6) is 5.75 Å². The number of rotatable bonds is 4. The van der Waals surface area contributed by atoms with E-state index in [-0.39, 0.29) is 5.36 Å². The number of hydrogen-bond donors (Lipinski definition) is 2. The summed E-state index contributed by atoms with van der Waals surface area (Å²) in [5, 5.41) is 9.32. The van der Waals surface area contributed by atoms with Crippen LogP contribution in [0.15, 0.2) is 35.5 Å². The average molecular weight is 492 g/mol. The molecule has 8 nitrogen and oxygen atoms in total. The summed E-state index contributed by atoms with van der Waals surface area (Å²) in [4.78, 5) is 28.2. The maximum atomic E-state index is 14.6. The highest BCUT2D eigenvalue weighted by Gasteiger charge is 2.65. The van der Waals surface area contributed by atoms with Crippen molar-refractivity contribution in [1.82, 2.24) is 4.73 Å². The van der Waals surface area contributed by atoms with Crippen molar-refractivity contribution in [2.45, 2.75) is 37.6 Å². The molecule has 4 atom stereocenters. The predicted molar refractivity (Wildman–Crippen MR) is 105 cm³/mol. The van der Waals surface area contributed by atoms with Gasteiger partial charge in [-0.15, -0.1) is 0 Å². The van der Waals surface area contributed by atoms with Gasteiger partial charge in [0.2, 0.25) is 5.82 Å². The molecule has 1 fully saturated rings. The van der Waals surface area contributed by atoms with E-state index in [0.717, 1.165) is 31.3 Å². The number of methoxy groups -OCH3 is 1. The van der Waals surface area contributed by atoms with Gasteiger partial charge in [-0.25, -0.2) is 9.38 Å². The molecule has 184 valence electrons. The molecule has 0 aliphatic carbocycles. The third-order valence-electron chi connectivity index (χ3n) is 5.86. The van der Waals surface area contributed by atoms with Crippen molar-refractivity contribution in [3.05, 3.63) is 58.7 Å². The standard InChI is InChI=1S/C21H20F5N3O5/c1-9-14(11-4-5-12(22)15(23)16(11)33-3)17(34-20(9,2)21(24,25)26)19(31)28-10-6-7-29(32)13(8-10)18(27)30/h4-9,14,17,32H,1-3H3,(H2,27,30)/t9-,14-,17-,20+/m1/s1/i3D3. The first-order valence-electron chi connectivity index (χ1n) is 11.1. The Labute approximate surface area is 193 Å². The molecule has 0 bridgehead atoms. The lowest BCUT2D eigenvalue weighted by molar-refractivity contribution is -0.272. The fourth-order valence-electron chi connectivity index (χ4n) is 3.85. The zero-order chi connectivity index (χ0) is 28.1. The van der Waals surface area contributed by atoms with Crippen LogP contribution in [0.25, 0.3) is 0 Å². The highest BCUT2D eigenvalue weighted by atomic mass is 19.4. The topological polar surface area (TPSA) is 116 Å². The first kappa shape index (κ1) is 21.1. The van der Waals surface area contributed by atoms with E-state index in [9.17, 15) is 36.7 Å². The lowest BCUT2D eigenvalue weighted by Gasteiger charge is -2.32. The summed E-state index contributed by atoms with van der Waals surface area (Å²) in [6.45, 7) is 1.68. The number of primary amides is 1. The fraction of sp³-hybridized carbons (Fsp3) is 0.381. The van der Waals surface area contributed by atoms with E-state index in [1.807, 2.05) is 0 Å². The van der Waals surface area contributed by atoms with E-state index in [1.165, 1.54) is 0 Å². The number of nitrogens with two attached hydrogens (primary N) is 1. The van der Waals surface area contributed by atoms with Crippen molar-refractivity contribution < 1.29 is 50.3 Å². The number of aromatic nitrogens is 1. The molecule has 1 aromatic heterocycles. The summed E-state index contributed by atoms with van der Waals surface area (Å²) >= 11 is 0. The van der Waals surface area contributed by atoms with E-state index >= 15 is 0 Å². The van der Waals surface area contributed by atoms with Crippen LogP contribution in [0.3, 0.4) is 0 Å². The van der Waals surface area contributed by atoms with Crippen LogP contribution in [0, 0.1) is 17.6 Å². The fourth-order valence-corrected chi connectivity index (χ4v) is 3.85. The first-order valence-corrected chi connectivity index (χ1v) is 9.59. The van der Waals surface area contributed by atoms with Crippen LogP contribution in [0.1, 0.15) is 39.9 Å². The largest absolute Gasteiger partial charge is 0.493 e. The van der Waals surface area contributed by atoms with E-state index in [0.29, 0.717) is 17.7 Å². The van der Waals surface area contributed by atoms with Gasteiger partial charge in [-0.1, -0.05) is 13.0 Å². The number of alkyl halides is 3. The number of ether oxygens (including phenoxy) is 2. The summed E-state index contributed by atoms with van der Waals surface area (Å²) in [5.41, 5.74) is 1.03. The van der Waals surface area contributed by atoms with Crippen LogP contribution in [0.4, 0.5) is 22.0 Å². The second-order valence-electron chi connectivity index (χ2n) is 7.77. The van der Waals surface area contributed by atoms with Crippen molar-refractivity contribution in [2.75, 3.05) is 7.04 Å². The van der Waals surface area contributed by atoms with Gasteiger partial charge in [-0.3, -0.25) is 9.59 Å². The van der Waals surface area contributed by atoms with Crippen molar-refractivity contribution in [2.24, 2.45) is 16.6 Å². The second kappa shape index (κ2) is 8.70. The van der Waals surface area contributed by atoms with Crippen LogP contribution >= 0.6 is 0 Å². The molecule has 1 aromatic carbocycles. The van der Waals surface area contributed by atoms with Gasteiger partial charge in [-0.05, 0) is 25.1 Å². The Kier molecular flexibility index (Phi) is 5.40. The number of benzene rings is 1. The van der Waals surface area contributed by atoms with Crippen LogP contribution in [-0.2, 0) is 9.53 Å². The minimum Gasteiger partial charge on any atom is -0.493 e. The minimum atomic E-state index is -5.06. The Hall–Kier alpha value is -3.48. The Morgan fingerprint density at radius 1 is 1.32 bits per heavy atom. The van der Waals surface area contributed by atoms with Crippen molar-refractivity contribution in [3.8, 4) is 5.75 Å². The Morgan fingerprint density at radius 2 is 2.00 bits per heavy atom. The summed E-state index contributed by atoms with van der Waals surface area (Å²) in [6.07, 6.45) is -6.25. The van der Waals surface area contributed by atoms with E-state index in [1.54, 1.807) is 0 Å². The molecule has 0 radical (unpaired) electrons. The zero-order valence-electron chi connectivity index (χ0n) is 20.6. The Morgan fingerprint density at radius 3 is 2.59 bits per heavy atom. The normalized spacial score (nSPS) is 27.1. The number of hydrogen-bond acceptors (Lipinski definition) is 5. The Bertz CT molecular complexity index is 1310. The SMILES string of the molecule is [2H]C([2H])([2H])Oc1c([C@H]2[C@@H](C)[C@@](C)(C(F)(F)F)O[C@H]2C(=O)N=c2ccn(O)c(C(N)=O)c2)ccc(F)c1F. The maximum absolute atomic E-state index is 14.6. The number of halogens is 5. The summed E-state index contributed by atoms with van der Waals surface area (Å²) in [5.74, 6) is -10.3. The van der Waals surface area contributed by atoms with Crippen molar-refractivity contribution in [1.29, 1.82) is 0 Å². The lowest BCUT2D eigenvalue weighted by atomic mass is 9.77. The molecule has 1 aliphatic rings. The molecule has 34 heavy (non-hydrogen) atoms. The number of carbonyl (C=O) groups is 2. The number of nitrogens with zero attached hydrogens (tertiary/aromatic N) is 2. The zero-order valence-corrected chi connectivity index (χ0v) is 17.6. The van der Waals surface area contributed by atoms with Crippen molar-refractivity contribution in [3.63, 3.8) is 0 Å². The maximum Gasteiger partial charge on any atom is 0.417 e. The van der Waals surface area contributed by atoms with E-state index in [2.05, 4.69) is 9.73 Å². The summed E-state index contributed by atoms with van der Waals surface area (Å²) in [7, 11) is -3.32. The molecular weight excluding hydrogens is 469 g/mol. The van der Waals surface area contributed by atoms with Gasteiger partial charge < -0.3 is 20.4 Å². The average Bonchev–Trinajstić information content (AvgIpc) is 3.04. The lowest BCUT2D eigenvalue weighted by Crippen LogP contribution is -2.47. The molecule has 3 N–H and O–H groups in total. The van der Waals surface area contributed by atoms with Gasteiger partial charge in [-0.2, -0.15) is 22.3 Å². The number of amides is 2. The molecule has 2 amide bonds. The third-order valence-corrected chi connectivity index (χ3v) is 5.86. The molecule has 0 spiro atoms. The van der Waals surface area contributed by atoms with E-state index in [4.69, 9.17) is 14.6 Å². The monoisotopic (exact) mass is 492 g/mol. The van der Waals surface area contributed by atoms with Crippen LogP contribution in [0.2, 0.25) is 0 Å². The third kappa shape index (κ3) is 4.11. The smallest absolute Gasteiger partial charge is 0.417 e. The van der Waals surface area contributed by atoms with Gasteiger partial charge >= 0.3 is 6.18 Å². The second-order valence-corrected chi connectivity index (χ2v) is 7.77. The first-order chi connectivity index (χ1) is 16.9. The van der Waals surface area contributed by atoms with Crippen LogP contribution in [-0.4, -0.2) is 46.7 Å². The summed E-state index contributed by atoms with van der Waals surface area (Å²) in [6, 6.07) is 3.25. The van der Waals surface area contributed by atoms with Gasteiger partial charge in [0.25, 0.3) is 11.8 Å². The van der Waals surface area contributed by atoms with Crippen LogP contribution < -0.4 is 15.8 Å². The molecule has 1 aliphatic heterocycles. The minimum absolute atomic E-state index is 0.302. The van der Waals surface area contributed by atoms with Gasteiger partial charge in [0.15, 0.2) is 17.2 Å². The number of carbonyl (C=O) groups excluding carboxylic acids is 2. The quantitative estimate of drug-likeness (QED) is 0.503. The van der Waals surface area contributed by atoms with Gasteiger partial charge in [0, 0.05) is 23.6 Å². The molecule has 0 saturated carbocycles. The molecule has 13 heteroatoms.